The Morgan fingerprint density at radius 2 is 2.15 bits per heavy atom. The second-order valence-corrected chi connectivity index (χ2v) is 3.55. The minimum Gasteiger partial charge on any atom is -0.481 e. The average molecular weight is 373 g/mol. The summed E-state index contributed by atoms with van der Waals surface area (Å²) in [4.78, 5) is 22.4. The van der Waals surface area contributed by atoms with E-state index in [0.717, 1.165) is 0 Å². The molecule has 0 aliphatic carbocycles. The standard InChI is InChI=1S/C11H11N3O5.Ag/c1-2-18-8(15)5-19-7-4-3-6-10(13-14-12-6)9(7)11(16)17;/h3-4H,2,5H2,1H3,(H,16,17)(H,12,13,14);. The summed E-state index contributed by atoms with van der Waals surface area (Å²) in [6.45, 7) is 1.54. The van der Waals surface area contributed by atoms with E-state index in [0.29, 0.717) is 5.52 Å². The van der Waals surface area contributed by atoms with Gasteiger partial charge in [0.1, 0.15) is 16.8 Å². The number of carboxylic acid groups (broad SMARTS) is 1. The van der Waals surface area contributed by atoms with Crippen LogP contribution in [0.2, 0.25) is 0 Å². The molecule has 1 aromatic heterocycles. The van der Waals surface area contributed by atoms with Crippen molar-refractivity contribution in [1.29, 1.82) is 0 Å². The van der Waals surface area contributed by atoms with Crippen molar-refractivity contribution in [2.75, 3.05) is 13.2 Å². The molecule has 111 valence electrons. The molecule has 2 aromatic rings. The van der Waals surface area contributed by atoms with E-state index in [1.807, 2.05) is 0 Å². The van der Waals surface area contributed by atoms with E-state index in [-0.39, 0.29) is 52.4 Å². The van der Waals surface area contributed by atoms with E-state index in [1.165, 1.54) is 6.07 Å². The number of carbonyl (C=O) groups excluding carboxylic acids is 1. The molecule has 0 atom stereocenters. The van der Waals surface area contributed by atoms with Gasteiger partial charge in [-0.1, -0.05) is 5.21 Å². The van der Waals surface area contributed by atoms with Crippen molar-refractivity contribution in [3.8, 4) is 5.75 Å². The summed E-state index contributed by atoms with van der Waals surface area (Å²) in [6, 6.07) is 3.01. The van der Waals surface area contributed by atoms with Gasteiger partial charge in [-0.15, -0.1) is 5.10 Å². The Labute approximate surface area is 129 Å². The molecule has 2 rings (SSSR count). The van der Waals surface area contributed by atoms with Crippen molar-refractivity contribution in [3.63, 3.8) is 0 Å². The topological polar surface area (TPSA) is 114 Å². The first-order valence-corrected chi connectivity index (χ1v) is 5.49. The van der Waals surface area contributed by atoms with Crippen LogP contribution in [0.5, 0.6) is 5.75 Å². The molecule has 0 fully saturated rings. The van der Waals surface area contributed by atoms with Crippen molar-refractivity contribution >= 4 is 23.0 Å². The number of aromatic nitrogens is 3. The van der Waals surface area contributed by atoms with Crippen LogP contribution < -0.4 is 4.74 Å². The first kappa shape index (κ1) is 16.2. The van der Waals surface area contributed by atoms with Gasteiger partial charge in [-0.2, -0.15) is 0 Å². The van der Waals surface area contributed by atoms with Gasteiger partial charge in [-0.05, 0) is 19.1 Å². The molecule has 0 amide bonds. The third-order valence-corrected chi connectivity index (χ3v) is 2.32. The zero-order valence-corrected chi connectivity index (χ0v) is 11.8. The Balaban J connectivity index is 0.00000200. The number of carbonyl (C=O) groups is 2. The fraction of sp³-hybridized carbons (Fsp3) is 0.273. The molecule has 1 radical (unpaired) electrons. The molecule has 1 heterocycles. The molecule has 0 unspecified atom stereocenters. The van der Waals surface area contributed by atoms with Crippen molar-refractivity contribution < 1.29 is 46.5 Å². The predicted molar refractivity (Wildman–Crippen MR) is 63.0 cm³/mol. The van der Waals surface area contributed by atoms with Gasteiger partial charge in [0.2, 0.25) is 0 Å². The first-order valence-electron chi connectivity index (χ1n) is 5.49. The molecular weight excluding hydrogens is 362 g/mol. The number of ether oxygens (including phenoxy) is 2. The maximum atomic E-state index is 11.2. The normalized spacial score (nSPS) is 9.85. The summed E-state index contributed by atoms with van der Waals surface area (Å²) < 4.78 is 9.84. The zero-order chi connectivity index (χ0) is 13.8. The van der Waals surface area contributed by atoms with E-state index in [1.54, 1.807) is 13.0 Å². The molecule has 20 heavy (non-hydrogen) atoms. The fourth-order valence-electron chi connectivity index (χ4n) is 1.56. The molecular formula is C11H11AgN3O5. The molecule has 0 spiro atoms. The monoisotopic (exact) mass is 372 g/mol. The molecule has 2 N–H and O–H groups in total. The van der Waals surface area contributed by atoms with E-state index in [9.17, 15) is 14.7 Å². The van der Waals surface area contributed by atoms with E-state index < -0.39 is 11.9 Å². The Hall–Kier alpha value is -1.90. The largest absolute Gasteiger partial charge is 0.481 e. The van der Waals surface area contributed by atoms with Crippen molar-refractivity contribution in [3.05, 3.63) is 17.7 Å². The Morgan fingerprint density at radius 3 is 2.80 bits per heavy atom. The minimum atomic E-state index is -1.21. The zero-order valence-electron chi connectivity index (χ0n) is 10.3. The number of hydrogen-bond donors (Lipinski definition) is 2. The van der Waals surface area contributed by atoms with Gasteiger partial charge in [0.05, 0.1) is 12.1 Å². The van der Waals surface area contributed by atoms with Crippen LogP contribution in [0.15, 0.2) is 12.1 Å². The molecule has 9 heteroatoms. The smallest absolute Gasteiger partial charge is 0.344 e. The summed E-state index contributed by atoms with van der Waals surface area (Å²) in [5.74, 6) is -1.74. The van der Waals surface area contributed by atoms with Crippen molar-refractivity contribution in [2.24, 2.45) is 0 Å². The fourth-order valence-corrected chi connectivity index (χ4v) is 1.56. The van der Waals surface area contributed by atoms with E-state index in [2.05, 4.69) is 15.4 Å². The van der Waals surface area contributed by atoms with Crippen molar-refractivity contribution in [2.45, 2.75) is 6.92 Å². The maximum Gasteiger partial charge on any atom is 0.344 e. The number of nitrogens with zero attached hydrogens (tertiary/aromatic N) is 2. The van der Waals surface area contributed by atoms with E-state index in [4.69, 9.17) is 9.47 Å². The first-order chi connectivity index (χ1) is 9.13. The molecule has 0 aliphatic rings. The minimum absolute atomic E-state index is 0. The predicted octanol–water partition coefficient (Wildman–Crippen LogP) is 0.596. The number of rotatable bonds is 5. The van der Waals surface area contributed by atoms with Crippen LogP contribution in [-0.2, 0) is 31.9 Å². The van der Waals surface area contributed by atoms with Crippen LogP contribution in [-0.4, -0.2) is 45.7 Å². The molecule has 1 aromatic carbocycles. The summed E-state index contributed by atoms with van der Waals surface area (Å²) >= 11 is 0. The number of benzene rings is 1. The molecule has 8 nitrogen and oxygen atoms in total. The number of nitrogens with one attached hydrogen (secondary N) is 1. The quantitative estimate of drug-likeness (QED) is 0.583. The van der Waals surface area contributed by atoms with Gasteiger partial charge in [0.15, 0.2) is 6.61 Å². The van der Waals surface area contributed by atoms with Crippen LogP contribution >= 0.6 is 0 Å². The number of hydrogen-bond acceptors (Lipinski definition) is 6. The van der Waals surface area contributed by atoms with Gasteiger partial charge in [0, 0.05) is 22.4 Å². The van der Waals surface area contributed by atoms with Crippen LogP contribution in [0.4, 0.5) is 0 Å². The average Bonchev–Trinajstić information content (AvgIpc) is 2.83. The van der Waals surface area contributed by atoms with Gasteiger partial charge in [-0.25, -0.2) is 9.59 Å². The molecule has 0 saturated carbocycles. The number of fused-ring (bicyclic) bond motifs is 1. The second-order valence-electron chi connectivity index (χ2n) is 3.55. The van der Waals surface area contributed by atoms with Crippen molar-refractivity contribution in [1.82, 2.24) is 15.4 Å². The molecule has 0 aliphatic heterocycles. The number of aromatic amines is 1. The summed E-state index contributed by atoms with van der Waals surface area (Å²) in [6.07, 6.45) is 0. The van der Waals surface area contributed by atoms with Gasteiger partial charge < -0.3 is 14.6 Å². The van der Waals surface area contributed by atoms with Gasteiger partial charge in [0.25, 0.3) is 0 Å². The van der Waals surface area contributed by atoms with Crippen LogP contribution in [0.3, 0.4) is 0 Å². The number of aromatic carboxylic acids is 1. The summed E-state index contributed by atoms with van der Waals surface area (Å²) in [5.41, 5.74) is 0.505. The van der Waals surface area contributed by atoms with Gasteiger partial charge in [-0.3, -0.25) is 5.10 Å². The second kappa shape index (κ2) is 7.04. The SMILES string of the molecule is CCOC(=O)COc1ccc2[nH]nnc2c1C(=O)O.[Ag]. The Kier molecular flexibility index (Phi) is 5.68. The van der Waals surface area contributed by atoms with E-state index >= 15 is 0 Å². The molecule has 0 saturated heterocycles. The molecule has 0 bridgehead atoms. The number of carboxylic acids is 1. The Bertz CT molecular complexity index is 628. The van der Waals surface area contributed by atoms with Gasteiger partial charge >= 0.3 is 11.9 Å². The third-order valence-electron chi connectivity index (χ3n) is 2.32. The van der Waals surface area contributed by atoms with Crippen LogP contribution in [0.25, 0.3) is 11.0 Å². The maximum absolute atomic E-state index is 11.2. The Morgan fingerprint density at radius 1 is 1.40 bits per heavy atom. The third kappa shape index (κ3) is 3.35. The summed E-state index contributed by atoms with van der Waals surface area (Å²) in [5, 5.41) is 18.9. The van der Waals surface area contributed by atoms with Crippen LogP contribution in [0.1, 0.15) is 17.3 Å². The summed E-state index contributed by atoms with van der Waals surface area (Å²) in [7, 11) is 0. The van der Waals surface area contributed by atoms with Crippen LogP contribution in [0, 0.1) is 0 Å². The number of H-pyrrole nitrogens is 1. The number of esters is 1.